The van der Waals surface area contributed by atoms with Crippen LogP contribution in [0.5, 0.6) is 0 Å². The second kappa shape index (κ2) is 10.2. The van der Waals surface area contributed by atoms with Crippen LogP contribution in [0.1, 0.15) is 16.7 Å². The Morgan fingerprint density at radius 2 is 1.68 bits per heavy atom. The van der Waals surface area contributed by atoms with Gasteiger partial charge in [0.1, 0.15) is 0 Å². The normalized spacial score (nSPS) is 10.9. The van der Waals surface area contributed by atoms with Gasteiger partial charge >= 0.3 is 0 Å². The number of nitrogens with one attached hydrogen (secondary N) is 1. The number of nitrogens with two attached hydrogens (primary N) is 1. The van der Waals surface area contributed by atoms with Gasteiger partial charge in [0.15, 0.2) is 5.96 Å². The molecule has 0 amide bonds. The summed E-state index contributed by atoms with van der Waals surface area (Å²) in [6.07, 6.45) is 1.88. The molecular weight excluding hydrogens is 385 g/mol. The highest BCUT2D eigenvalue weighted by molar-refractivity contribution is 14.0. The zero-order valence-corrected chi connectivity index (χ0v) is 15.3. The summed E-state index contributed by atoms with van der Waals surface area (Å²) in [7, 11) is 0. The number of rotatable bonds is 6. The standard InChI is InChI=1S/C18H23N3.HI/c1-15-7-5-6-10-17(15)12-14-21-18(19)20-13-11-16-8-3-2-4-9-16;/h2-10H,11-14H2,1H3,(H3,19,20,21);1H. The maximum absolute atomic E-state index is 5.88. The van der Waals surface area contributed by atoms with Gasteiger partial charge in [0.05, 0.1) is 0 Å². The van der Waals surface area contributed by atoms with Gasteiger partial charge in [0.25, 0.3) is 0 Å². The number of nitrogens with zero attached hydrogens (tertiary/aromatic N) is 1. The van der Waals surface area contributed by atoms with Gasteiger partial charge in [0, 0.05) is 13.1 Å². The Morgan fingerprint density at radius 3 is 2.41 bits per heavy atom. The summed E-state index contributed by atoms with van der Waals surface area (Å²) in [4.78, 5) is 4.38. The average Bonchev–Trinajstić information content (AvgIpc) is 2.50. The van der Waals surface area contributed by atoms with Gasteiger partial charge < -0.3 is 11.1 Å². The molecule has 0 saturated heterocycles. The summed E-state index contributed by atoms with van der Waals surface area (Å²) in [6, 6.07) is 18.8. The molecule has 0 heterocycles. The highest BCUT2D eigenvalue weighted by Gasteiger charge is 1.97. The fraction of sp³-hybridized carbons (Fsp3) is 0.278. The first-order valence-electron chi connectivity index (χ1n) is 7.38. The maximum atomic E-state index is 5.88. The van der Waals surface area contributed by atoms with E-state index in [4.69, 9.17) is 5.73 Å². The molecule has 2 aromatic carbocycles. The van der Waals surface area contributed by atoms with Crippen molar-refractivity contribution in [1.29, 1.82) is 0 Å². The zero-order valence-electron chi connectivity index (χ0n) is 13.0. The minimum atomic E-state index is 0. The van der Waals surface area contributed by atoms with Gasteiger partial charge in [-0.25, -0.2) is 0 Å². The molecule has 118 valence electrons. The van der Waals surface area contributed by atoms with Crippen LogP contribution in [-0.2, 0) is 12.8 Å². The van der Waals surface area contributed by atoms with E-state index in [9.17, 15) is 0 Å². The molecule has 0 unspecified atom stereocenters. The van der Waals surface area contributed by atoms with Crippen LogP contribution >= 0.6 is 24.0 Å². The molecule has 0 atom stereocenters. The molecule has 3 nitrogen and oxygen atoms in total. The summed E-state index contributed by atoms with van der Waals surface area (Å²) in [5, 5.41) is 3.16. The van der Waals surface area contributed by atoms with Crippen molar-refractivity contribution in [3.8, 4) is 0 Å². The van der Waals surface area contributed by atoms with E-state index < -0.39 is 0 Å². The largest absolute Gasteiger partial charge is 0.370 e. The van der Waals surface area contributed by atoms with E-state index in [0.717, 1.165) is 25.9 Å². The molecule has 0 fully saturated rings. The lowest BCUT2D eigenvalue weighted by Gasteiger charge is -2.06. The fourth-order valence-corrected chi connectivity index (χ4v) is 2.22. The number of aliphatic imine (C=N–C) groups is 1. The second-order valence-corrected chi connectivity index (χ2v) is 5.11. The van der Waals surface area contributed by atoms with Crippen molar-refractivity contribution < 1.29 is 0 Å². The molecule has 3 N–H and O–H groups in total. The monoisotopic (exact) mass is 409 g/mol. The first-order chi connectivity index (χ1) is 10.3. The quantitative estimate of drug-likeness (QED) is 0.437. The first-order valence-corrected chi connectivity index (χ1v) is 7.38. The van der Waals surface area contributed by atoms with Crippen molar-refractivity contribution in [1.82, 2.24) is 5.32 Å². The number of guanidine groups is 1. The minimum Gasteiger partial charge on any atom is -0.370 e. The third kappa shape index (κ3) is 6.47. The van der Waals surface area contributed by atoms with Gasteiger partial charge in [-0.2, -0.15) is 0 Å². The summed E-state index contributed by atoms with van der Waals surface area (Å²) >= 11 is 0. The zero-order chi connectivity index (χ0) is 14.9. The lowest BCUT2D eigenvalue weighted by Crippen LogP contribution is -2.33. The lowest BCUT2D eigenvalue weighted by molar-refractivity contribution is 0.843. The summed E-state index contributed by atoms with van der Waals surface area (Å²) in [5.74, 6) is 0.527. The number of hydrogen-bond acceptors (Lipinski definition) is 1. The molecule has 0 spiro atoms. The molecule has 4 heteroatoms. The Labute approximate surface area is 150 Å². The molecule has 0 saturated carbocycles. The van der Waals surface area contributed by atoms with Crippen molar-refractivity contribution in [3.63, 3.8) is 0 Å². The molecule has 0 bridgehead atoms. The van der Waals surface area contributed by atoms with Crippen LogP contribution in [-0.4, -0.2) is 19.0 Å². The molecule has 2 aromatic rings. The van der Waals surface area contributed by atoms with Crippen molar-refractivity contribution in [2.75, 3.05) is 13.1 Å². The number of aryl methyl sites for hydroxylation is 1. The number of halogens is 1. The van der Waals surface area contributed by atoms with E-state index in [-0.39, 0.29) is 24.0 Å². The van der Waals surface area contributed by atoms with Crippen LogP contribution in [0.15, 0.2) is 59.6 Å². The lowest BCUT2D eigenvalue weighted by atomic mass is 10.1. The Balaban J connectivity index is 0.00000242. The molecular formula is C18H24IN3. The summed E-state index contributed by atoms with van der Waals surface area (Å²) < 4.78 is 0. The SMILES string of the molecule is Cc1ccccc1CCN=C(N)NCCc1ccccc1.I. The smallest absolute Gasteiger partial charge is 0.188 e. The van der Waals surface area contributed by atoms with Crippen molar-refractivity contribution >= 4 is 29.9 Å². The molecule has 2 rings (SSSR count). The predicted octanol–water partition coefficient (Wildman–Crippen LogP) is 3.30. The van der Waals surface area contributed by atoms with Crippen LogP contribution in [0, 0.1) is 6.92 Å². The third-order valence-corrected chi connectivity index (χ3v) is 3.49. The van der Waals surface area contributed by atoms with Crippen LogP contribution in [0.25, 0.3) is 0 Å². The van der Waals surface area contributed by atoms with Crippen molar-refractivity contribution in [2.45, 2.75) is 19.8 Å². The van der Waals surface area contributed by atoms with Gasteiger partial charge in [0.2, 0.25) is 0 Å². The molecule has 0 aliphatic heterocycles. The van der Waals surface area contributed by atoms with E-state index in [1.54, 1.807) is 0 Å². The van der Waals surface area contributed by atoms with E-state index in [1.807, 2.05) is 6.07 Å². The van der Waals surface area contributed by atoms with Crippen molar-refractivity contribution in [3.05, 3.63) is 71.3 Å². The minimum absolute atomic E-state index is 0. The van der Waals surface area contributed by atoms with Crippen LogP contribution < -0.4 is 11.1 Å². The van der Waals surface area contributed by atoms with Crippen LogP contribution in [0.3, 0.4) is 0 Å². The average molecular weight is 409 g/mol. The maximum Gasteiger partial charge on any atom is 0.188 e. The topological polar surface area (TPSA) is 50.4 Å². The Bertz CT molecular complexity index is 582. The van der Waals surface area contributed by atoms with E-state index in [2.05, 4.69) is 65.8 Å². The molecule has 0 aliphatic carbocycles. The van der Waals surface area contributed by atoms with Crippen LogP contribution in [0.4, 0.5) is 0 Å². The highest BCUT2D eigenvalue weighted by Crippen LogP contribution is 2.07. The predicted molar refractivity (Wildman–Crippen MR) is 105 cm³/mol. The summed E-state index contributed by atoms with van der Waals surface area (Å²) in [6.45, 7) is 3.65. The Kier molecular flexibility index (Phi) is 8.58. The highest BCUT2D eigenvalue weighted by atomic mass is 127. The fourth-order valence-electron chi connectivity index (χ4n) is 2.22. The van der Waals surface area contributed by atoms with Gasteiger partial charge in [-0.05, 0) is 36.5 Å². The molecule has 0 radical (unpaired) electrons. The molecule has 0 aliphatic rings. The van der Waals surface area contributed by atoms with E-state index in [0.29, 0.717) is 5.96 Å². The third-order valence-electron chi connectivity index (χ3n) is 3.49. The van der Waals surface area contributed by atoms with E-state index >= 15 is 0 Å². The van der Waals surface area contributed by atoms with Gasteiger partial charge in [-0.3, -0.25) is 4.99 Å². The molecule has 22 heavy (non-hydrogen) atoms. The Hall–Kier alpha value is -1.56. The van der Waals surface area contributed by atoms with Crippen LogP contribution in [0.2, 0.25) is 0 Å². The van der Waals surface area contributed by atoms with Gasteiger partial charge in [-0.1, -0.05) is 54.6 Å². The first kappa shape index (κ1) is 18.5. The van der Waals surface area contributed by atoms with Gasteiger partial charge in [-0.15, -0.1) is 24.0 Å². The van der Waals surface area contributed by atoms with E-state index in [1.165, 1.54) is 16.7 Å². The number of hydrogen-bond donors (Lipinski definition) is 2. The number of benzene rings is 2. The second-order valence-electron chi connectivity index (χ2n) is 5.11. The summed E-state index contributed by atoms with van der Waals surface area (Å²) in [5.41, 5.74) is 9.82. The van der Waals surface area contributed by atoms with Crippen molar-refractivity contribution in [2.24, 2.45) is 10.7 Å². The molecule has 0 aromatic heterocycles. The Morgan fingerprint density at radius 1 is 1.00 bits per heavy atom.